The van der Waals surface area contributed by atoms with Crippen LogP contribution < -0.4 is 10.1 Å². The molecule has 2 atom stereocenters. The van der Waals surface area contributed by atoms with Crippen LogP contribution in [0.3, 0.4) is 0 Å². The first-order chi connectivity index (χ1) is 13.0. The molecule has 1 aliphatic carbocycles. The van der Waals surface area contributed by atoms with Gasteiger partial charge in [-0.05, 0) is 42.0 Å². The van der Waals surface area contributed by atoms with E-state index in [-0.39, 0.29) is 30.3 Å². The van der Waals surface area contributed by atoms with Crippen molar-refractivity contribution in [1.82, 2.24) is 5.32 Å². The van der Waals surface area contributed by atoms with Crippen LogP contribution in [0.15, 0.2) is 42.5 Å². The molecule has 0 aromatic heterocycles. The number of hydrogen-bond acceptors (Lipinski definition) is 3. The molecule has 1 amide bonds. The van der Waals surface area contributed by atoms with E-state index in [9.17, 15) is 9.59 Å². The molecule has 0 bridgehead atoms. The highest BCUT2D eigenvalue weighted by molar-refractivity contribution is 6.04. The third-order valence-electron chi connectivity index (χ3n) is 5.16. The number of ether oxygens (including phenoxy) is 1. The Morgan fingerprint density at radius 3 is 2.67 bits per heavy atom. The van der Waals surface area contributed by atoms with Crippen molar-refractivity contribution in [2.45, 2.75) is 52.0 Å². The van der Waals surface area contributed by atoms with E-state index in [1.54, 1.807) is 6.07 Å². The average molecular weight is 365 g/mol. The number of nitrogens with one attached hydrogen (secondary N) is 1. The molecule has 3 rings (SSSR count). The number of Topliss-reactive ketones (excluding diaryl/α,β-unsaturated/α-hetero) is 1. The molecule has 0 saturated heterocycles. The molecule has 1 N–H and O–H groups in total. The highest BCUT2D eigenvalue weighted by Crippen LogP contribution is 2.40. The lowest BCUT2D eigenvalue weighted by Gasteiger charge is -2.19. The summed E-state index contributed by atoms with van der Waals surface area (Å²) in [6.07, 6.45) is 2.35. The zero-order valence-electron chi connectivity index (χ0n) is 16.2. The summed E-state index contributed by atoms with van der Waals surface area (Å²) >= 11 is 0. The topological polar surface area (TPSA) is 55.4 Å². The maximum absolute atomic E-state index is 12.5. The zero-order chi connectivity index (χ0) is 19.4. The number of amides is 1. The van der Waals surface area contributed by atoms with Gasteiger partial charge in [0.2, 0.25) is 0 Å². The number of fused-ring (bicyclic) bond motifs is 1. The van der Waals surface area contributed by atoms with Gasteiger partial charge in [-0.25, -0.2) is 0 Å². The van der Waals surface area contributed by atoms with E-state index >= 15 is 0 Å². The molecule has 4 heteroatoms. The fraction of sp³-hybridized carbons (Fsp3) is 0.391. The van der Waals surface area contributed by atoms with E-state index in [0.29, 0.717) is 17.7 Å². The Morgan fingerprint density at radius 2 is 1.96 bits per heavy atom. The summed E-state index contributed by atoms with van der Waals surface area (Å²) in [5, 5.41) is 3.05. The van der Waals surface area contributed by atoms with Gasteiger partial charge in [-0.1, -0.05) is 56.7 Å². The summed E-state index contributed by atoms with van der Waals surface area (Å²) in [5.41, 5.74) is 3.91. The summed E-state index contributed by atoms with van der Waals surface area (Å²) in [6.45, 7) is 6.08. The highest BCUT2D eigenvalue weighted by Gasteiger charge is 2.31. The Balaban J connectivity index is 1.69. The maximum atomic E-state index is 12.5. The van der Waals surface area contributed by atoms with Crippen molar-refractivity contribution in [3.05, 3.63) is 64.7 Å². The fourth-order valence-corrected chi connectivity index (χ4v) is 3.90. The minimum atomic E-state index is -0.176. The van der Waals surface area contributed by atoms with Gasteiger partial charge >= 0.3 is 0 Å². The van der Waals surface area contributed by atoms with Gasteiger partial charge < -0.3 is 10.1 Å². The van der Waals surface area contributed by atoms with Crippen LogP contribution >= 0.6 is 0 Å². The second-order valence-corrected chi connectivity index (χ2v) is 7.31. The molecular formula is C23H27NO3. The van der Waals surface area contributed by atoms with Gasteiger partial charge in [-0.3, -0.25) is 9.59 Å². The Labute approximate surface area is 160 Å². The van der Waals surface area contributed by atoms with Crippen LogP contribution in [0.25, 0.3) is 0 Å². The molecule has 2 aromatic carbocycles. The van der Waals surface area contributed by atoms with Gasteiger partial charge in [0, 0.05) is 6.42 Å². The quantitative estimate of drug-likeness (QED) is 0.772. The molecule has 0 heterocycles. The van der Waals surface area contributed by atoms with E-state index in [1.807, 2.05) is 43.3 Å². The van der Waals surface area contributed by atoms with Crippen molar-refractivity contribution in [2.24, 2.45) is 0 Å². The summed E-state index contributed by atoms with van der Waals surface area (Å²) in [6, 6.07) is 13.7. The molecule has 0 aliphatic heterocycles. The Morgan fingerprint density at radius 1 is 1.22 bits per heavy atom. The van der Waals surface area contributed by atoms with E-state index < -0.39 is 0 Å². The third kappa shape index (κ3) is 4.21. The van der Waals surface area contributed by atoms with Gasteiger partial charge in [0.15, 0.2) is 12.4 Å². The molecule has 1 aliphatic rings. The van der Waals surface area contributed by atoms with Crippen molar-refractivity contribution < 1.29 is 14.3 Å². The molecule has 27 heavy (non-hydrogen) atoms. The Hall–Kier alpha value is -2.62. The molecular weight excluding hydrogens is 338 g/mol. The second kappa shape index (κ2) is 8.38. The van der Waals surface area contributed by atoms with Crippen molar-refractivity contribution >= 4 is 11.7 Å². The standard InChI is InChI=1S/C23H27NO3/c1-4-8-18(17-9-6-5-7-10-17)24-21(26)14-27-20-12-11-15(2)22-16(3)13-19(25)23(20)22/h5-7,9-12,16,18H,4,8,13-14H2,1-3H3,(H,24,26)/t16-,18+/m0/s1. The second-order valence-electron chi connectivity index (χ2n) is 7.31. The van der Waals surface area contributed by atoms with E-state index in [0.717, 1.165) is 29.5 Å². The van der Waals surface area contributed by atoms with Gasteiger partial charge in [-0.2, -0.15) is 0 Å². The van der Waals surface area contributed by atoms with Crippen LogP contribution in [-0.2, 0) is 4.79 Å². The summed E-state index contributed by atoms with van der Waals surface area (Å²) in [5.74, 6) is 0.652. The van der Waals surface area contributed by atoms with Crippen molar-refractivity contribution in [2.75, 3.05) is 6.61 Å². The number of ketones is 1. The Kier molecular flexibility index (Phi) is 5.94. The first kappa shape index (κ1) is 19.2. The summed E-state index contributed by atoms with van der Waals surface area (Å²) < 4.78 is 5.77. The van der Waals surface area contributed by atoms with Crippen LogP contribution in [0, 0.1) is 6.92 Å². The molecule has 0 unspecified atom stereocenters. The lowest BCUT2D eigenvalue weighted by Crippen LogP contribution is -2.32. The highest BCUT2D eigenvalue weighted by atomic mass is 16.5. The smallest absolute Gasteiger partial charge is 0.258 e. The van der Waals surface area contributed by atoms with E-state index in [4.69, 9.17) is 4.74 Å². The molecule has 0 spiro atoms. The zero-order valence-corrected chi connectivity index (χ0v) is 16.2. The van der Waals surface area contributed by atoms with Crippen LogP contribution in [0.1, 0.15) is 72.1 Å². The molecule has 0 radical (unpaired) electrons. The number of hydrogen-bond donors (Lipinski definition) is 1. The van der Waals surface area contributed by atoms with Crippen LogP contribution in [0.2, 0.25) is 0 Å². The van der Waals surface area contributed by atoms with Gasteiger partial charge in [0.1, 0.15) is 5.75 Å². The average Bonchev–Trinajstić information content (AvgIpc) is 2.97. The van der Waals surface area contributed by atoms with Gasteiger partial charge in [0.05, 0.1) is 11.6 Å². The molecule has 142 valence electrons. The molecule has 0 saturated carbocycles. The molecule has 2 aromatic rings. The normalized spacial score (nSPS) is 16.7. The molecule has 0 fully saturated rings. The van der Waals surface area contributed by atoms with Crippen molar-refractivity contribution in [3.63, 3.8) is 0 Å². The number of rotatable bonds is 7. The minimum Gasteiger partial charge on any atom is -0.483 e. The monoisotopic (exact) mass is 365 g/mol. The van der Waals surface area contributed by atoms with Gasteiger partial charge in [0.25, 0.3) is 5.91 Å². The maximum Gasteiger partial charge on any atom is 0.258 e. The number of carbonyl (C=O) groups excluding carboxylic acids is 2. The predicted molar refractivity (Wildman–Crippen MR) is 106 cm³/mol. The number of carbonyl (C=O) groups is 2. The van der Waals surface area contributed by atoms with Crippen LogP contribution in [-0.4, -0.2) is 18.3 Å². The van der Waals surface area contributed by atoms with Crippen molar-refractivity contribution in [1.29, 1.82) is 0 Å². The van der Waals surface area contributed by atoms with Crippen molar-refractivity contribution in [3.8, 4) is 5.75 Å². The predicted octanol–water partition coefficient (Wildman–Crippen LogP) is 4.72. The number of aryl methyl sites for hydroxylation is 1. The van der Waals surface area contributed by atoms with E-state index in [2.05, 4.69) is 19.2 Å². The Bertz CT molecular complexity index is 829. The van der Waals surface area contributed by atoms with Gasteiger partial charge in [-0.15, -0.1) is 0 Å². The summed E-state index contributed by atoms with van der Waals surface area (Å²) in [7, 11) is 0. The molecule has 4 nitrogen and oxygen atoms in total. The number of benzene rings is 2. The first-order valence-corrected chi connectivity index (χ1v) is 9.65. The van der Waals surface area contributed by atoms with E-state index in [1.165, 1.54) is 0 Å². The lowest BCUT2D eigenvalue weighted by molar-refractivity contribution is -0.123. The van der Waals surface area contributed by atoms with Crippen LogP contribution in [0.5, 0.6) is 5.75 Å². The first-order valence-electron chi connectivity index (χ1n) is 9.65. The third-order valence-corrected chi connectivity index (χ3v) is 5.16. The van der Waals surface area contributed by atoms with Crippen LogP contribution in [0.4, 0.5) is 0 Å². The summed E-state index contributed by atoms with van der Waals surface area (Å²) in [4.78, 5) is 24.8. The minimum absolute atomic E-state index is 0.0299. The largest absolute Gasteiger partial charge is 0.483 e. The fourth-order valence-electron chi connectivity index (χ4n) is 3.90. The SMILES string of the molecule is CCC[C@@H](NC(=O)COc1ccc(C)c2c1C(=O)C[C@@H]2C)c1ccccc1. The lowest BCUT2D eigenvalue weighted by atomic mass is 9.97.